The number of carbonyl (C=O) groups excluding carboxylic acids is 1. The molecule has 0 aromatic heterocycles. The van der Waals surface area contributed by atoms with Crippen LogP contribution < -0.4 is 0 Å². The summed E-state index contributed by atoms with van der Waals surface area (Å²) in [6.45, 7) is 2.95. The second-order valence-electron chi connectivity index (χ2n) is 4.12. The van der Waals surface area contributed by atoms with Gasteiger partial charge < -0.3 is 14.5 Å². The van der Waals surface area contributed by atoms with Crippen molar-refractivity contribution in [2.24, 2.45) is 0 Å². The summed E-state index contributed by atoms with van der Waals surface area (Å²) in [6, 6.07) is 2.03. The second-order valence-corrected chi connectivity index (χ2v) is 4.12. The minimum Gasteiger partial charge on any atom is -0.385 e. The first kappa shape index (κ1) is 15.9. The monoisotopic (exact) mass is 241 g/mol. The molecule has 1 amide bonds. The minimum absolute atomic E-state index is 0.0961. The van der Waals surface area contributed by atoms with Gasteiger partial charge in [-0.25, -0.2) is 0 Å². The number of methoxy groups -OCH3 is 1. The maximum Gasteiger partial charge on any atom is 0.223 e. The third kappa shape index (κ3) is 8.66. The van der Waals surface area contributed by atoms with Gasteiger partial charge in [0.15, 0.2) is 0 Å². The van der Waals surface area contributed by atoms with E-state index in [1.165, 1.54) is 0 Å². The van der Waals surface area contributed by atoms with E-state index in [4.69, 9.17) is 10.00 Å². The lowest BCUT2D eigenvalue weighted by Gasteiger charge is -2.19. The quantitative estimate of drug-likeness (QED) is 0.558. The Morgan fingerprint density at radius 3 is 2.59 bits per heavy atom. The predicted octanol–water partition coefficient (Wildman–Crippen LogP) is 0.717. The maximum atomic E-state index is 11.6. The predicted molar refractivity (Wildman–Crippen MR) is 66.5 cm³/mol. The summed E-state index contributed by atoms with van der Waals surface area (Å²) in [4.78, 5) is 15.4. The van der Waals surface area contributed by atoms with Crippen molar-refractivity contribution in [3.63, 3.8) is 0 Å². The van der Waals surface area contributed by atoms with Crippen molar-refractivity contribution >= 4 is 5.91 Å². The van der Waals surface area contributed by atoms with Crippen LogP contribution in [0.15, 0.2) is 0 Å². The molecule has 0 aliphatic carbocycles. The van der Waals surface area contributed by atoms with E-state index in [0.717, 1.165) is 26.1 Å². The van der Waals surface area contributed by atoms with Crippen molar-refractivity contribution in [1.29, 1.82) is 5.26 Å². The third-order valence-electron chi connectivity index (χ3n) is 2.58. The zero-order chi connectivity index (χ0) is 13.1. The highest BCUT2D eigenvalue weighted by Gasteiger charge is 2.09. The van der Waals surface area contributed by atoms with Gasteiger partial charge in [-0.3, -0.25) is 4.79 Å². The van der Waals surface area contributed by atoms with E-state index >= 15 is 0 Å². The summed E-state index contributed by atoms with van der Waals surface area (Å²) in [5.74, 6) is 0.0961. The van der Waals surface area contributed by atoms with Crippen LogP contribution in [0.25, 0.3) is 0 Å². The summed E-state index contributed by atoms with van der Waals surface area (Å²) in [5, 5.41) is 8.43. The molecule has 0 aliphatic heterocycles. The van der Waals surface area contributed by atoms with Gasteiger partial charge in [-0.2, -0.15) is 5.26 Å². The molecule has 0 radical (unpaired) electrons. The number of hydrogen-bond acceptors (Lipinski definition) is 4. The van der Waals surface area contributed by atoms with E-state index in [1.54, 1.807) is 19.1 Å². The van der Waals surface area contributed by atoms with E-state index in [9.17, 15) is 4.79 Å². The summed E-state index contributed by atoms with van der Waals surface area (Å²) < 4.78 is 4.97. The smallest absolute Gasteiger partial charge is 0.223 e. The van der Waals surface area contributed by atoms with Crippen LogP contribution in [-0.4, -0.2) is 63.2 Å². The molecule has 0 saturated carbocycles. The Balaban J connectivity index is 3.64. The molecule has 0 spiro atoms. The van der Waals surface area contributed by atoms with E-state index in [0.29, 0.717) is 19.4 Å². The SMILES string of the molecule is COCCCN(C)CCC(=O)N(C)CCC#N. The standard InChI is InChI=1S/C12H23N3O2/c1-14(8-5-11-17-3)10-6-12(16)15(2)9-4-7-13/h4-6,8-11H2,1-3H3. The Hall–Kier alpha value is -1.12. The molecule has 0 saturated heterocycles. The number of rotatable bonds is 9. The lowest BCUT2D eigenvalue weighted by Crippen LogP contribution is -2.31. The highest BCUT2D eigenvalue weighted by molar-refractivity contribution is 5.76. The van der Waals surface area contributed by atoms with Gasteiger partial charge in [0.2, 0.25) is 5.91 Å². The van der Waals surface area contributed by atoms with Crippen LogP contribution in [0.1, 0.15) is 19.3 Å². The van der Waals surface area contributed by atoms with Gasteiger partial charge in [-0.05, 0) is 13.5 Å². The van der Waals surface area contributed by atoms with Crippen LogP contribution in [0.2, 0.25) is 0 Å². The topological polar surface area (TPSA) is 56.6 Å². The van der Waals surface area contributed by atoms with Crippen molar-refractivity contribution in [3.8, 4) is 6.07 Å². The third-order valence-corrected chi connectivity index (χ3v) is 2.58. The molecule has 5 nitrogen and oxygen atoms in total. The van der Waals surface area contributed by atoms with Crippen LogP contribution in [0.3, 0.4) is 0 Å². The Labute approximate surface area is 104 Å². The van der Waals surface area contributed by atoms with Gasteiger partial charge in [-0.15, -0.1) is 0 Å². The number of ether oxygens (including phenoxy) is 1. The zero-order valence-corrected chi connectivity index (χ0v) is 11.1. The van der Waals surface area contributed by atoms with Crippen molar-refractivity contribution < 1.29 is 9.53 Å². The summed E-state index contributed by atoms with van der Waals surface area (Å²) in [5.41, 5.74) is 0. The Bertz CT molecular complexity index is 251. The maximum absolute atomic E-state index is 11.6. The Morgan fingerprint density at radius 1 is 1.29 bits per heavy atom. The number of amides is 1. The molecule has 0 atom stereocenters. The van der Waals surface area contributed by atoms with Crippen LogP contribution in [0.4, 0.5) is 0 Å². The van der Waals surface area contributed by atoms with Crippen molar-refractivity contribution in [2.75, 3.05) is 47.4 Å². The Kier molecular flexibility index (Phi) is 9.40. The first-order valence-corrected chi connectivity index (χ1v) is 5.90. The van der Waals surface area contributed by atoms with Crippen LogP contribution in [0, 0.1) is 11.3 Å². The number of nitrogens with zero attached hydrogens (tertiary/aromatic N) is 3. The molecule has 17 heavy (non-hydrogen) atoms. The van der Waals surface area contributed by atoms with Gasteiger partial charge in [0.25, 0.3) is 0 Å². The van der Waals surface area contributed by atoms with Crippen molar-refractivity contribution in [1.82, 2.24) is 9.80 Å². The molecule has 0 aromatic carbocycles. The lowest BCUT2D eigenvalue weighted by molar-refractivity contribution is -0.130. The minimum atomic E-state index is 0.0961. The van der Waals surface area contributed by atoms with E-state index in [2.05, 4.69) is 4.90 Å². The Morgan fingerprint density at radius 2 is 2.00 bits per heavy atom. The molecule has 0 N–H and O–H groups in total. The summed E-state index contributed by atoms with van der Waals surface area (Å²) >= 11 is 0. The number of hydrogen-bond donors (Lipinski definition) is 0. The molecule has 0 unspecified atom stereocenters. The zero-order valence-electron chi connectivity index (χ0n) is 11.1. The average molecular weight is 241 g/mol. The molecule has 0 heterocycles. The van der Waals surface area contributed by atoms with Crippen molar-refractivity contribution in [3.05, 3.63) is 0 Å². The molecule has 0 fully saturated rings. The molecular weight excluding hydrogens is 218 g/mol. The number of nitriles is 1. The van der Waals surface area contributed by atoms with Gasteiger partial charge >= 0.3 is 0 Å². The molecule has 98 valence electrons. The molecule has 0 rings (SSSR count). The van der Waals surface area contributed by atoms with Gasteiger partial charge in [0, 0.05) is 46.8 Å². The van der Waals surface area contributed by atoms with Gasteiger partial charge in [0.1, 0.15) is 0 Å². The van der Waals surface area contributed by atoms with E-state index in [1.807, 2.05) is 13.1 Å². The van der Waals surface area contributed by atoms with Crippen LogP contribution in [-0.2, 0) is 9.53 Å². The molecular formula is C12H23N3O2. The average Bonchev–Trinajstić information content (AvgIpc) is 2.33. The molecule has 0 aliphatic rings. The fourth-order valence-electron chi connectivity index (χ4n) is 1.41. The molecule has 5 heteroatoms. The molecule has 0 bridgehead atoms. The lowest BCUT2D eigenvalue weighted by atomic mass is 10.3. The summed E-state index contributed by atoms with van der Waals surface area (Å²) in [7, 11) is 5.43. The van der Waals surface area contributed by atoms with Gasteiger partial charge in [0.05, 0.1) is 12.5 Å². The normalized spacial score (nSPS) is 10.3. The molecule has 0 aromatic rings. The second kappa shape index (κ2) is 10.1. The van der Waals surface area contributed by atoms with Crippen molar-refractivity contribution in [2.45, 2.75) is 19.3 Å². The first-order chi connectivity index (χ1) is 8.11. The van der Waals surface area contributed by atoms with Gasteiger partial charge in [-0.1, -0.05) is 0 Å². The highest BCUT2D eigenvalue weighted by Crippen LogP contribution is 1.96. The highest BCUT2D eigenvalue weighted by atomic mass is 16.5. The fourth-order valence-corrected chi connectivity index (χ4v) is 1.41. The fraction of sp³-hybridized carbons (Fsp3) is 0.833. The summed E-state index contributed by atoms with van der Waals surface area (Å²) in [6.07, 6.45) is 1.88. The van der Waals surface area contributed by atoms with E-state index in [-0.39, 0.29) is 5.91 Å². The van der Waals surface area contributed by atoms with E-state index < -0.39 is 0 Å². The first-order valence-electron chi connectivity index (χ1n) is 5.90. The van der Waals surface area contributed by atoms with Crippen LogP contribution >= 0.6 is 0 Å². The van der Waals surface area contributed by atoms with Crippen LogP contribution in [0.5, 0.6) is 0 Å². The number of carbonyl (C=O) groups is 1. The largest absolute Gasteiger partial charge is 0.385 e.